The lowest BCUT2D eigenvalue weighted by molar-refractivity contribution is -0.385. The van der Waals surface area contributed by atoms with E-state index in [0.29, 0.717) is 0 Å². The zero-order valence-corrected chi connectivity index (χ0v) is 16.9. The number of nitrogens with zero attached hydrogens (tertiary/aromatic N) is 5. The van der Waals surface area contributed by atoms with Crippen molar-refractivity contribution in [3.63, 3.8) is 0 Å². The van der Waals surface area contributed by atoms with Crippen molar-refractivity contribution < 1.29 is 13.3 Å². The van der Waals surface area contributed by atoms with Crippen molar-refractivity contribution in [3.05, 3.63) is 74.7 Å². The van der Waals surface area contributed by atoms with Crippen molar-refractivity contribution in [2.45, 2.75) is 11.8 Å². The quantitative estimate of drug-likeness (QED) is 0.455. The van der Waals surface area contributed by atoms with Crippen LogP contribution in [0.25, 0.3) is 5.65 Å². The van der Waals surface area contributed by atoms with Crippen LogP contribution in [-0.4, -0.2) is 53.2 Å². The van der Waals surface area contributed by atoms with Crippen molar-refractivity contribution in [3.8, 4) is 0 Å². The molecule has 0 N–H and O–H groups in total. The molecule has 4 rings (SSSR count). The third-order valence-electron chi connectivity index (χ3n) is 5.07. The predicted octanol–water partition coefficient (Wildman–Crippen LogP) is 1.42. The summed E-state index contributed by atoms with van der Waals surface area (Å²) in [6, 6.07) is 11.5. The molecule has 10 nitrogen and oxygen atoms in total. The molecule has 3 heterocycles. The average Bonchev–Trinajstić information content (AvgIpc) is 2.74. The number of nitro groups is 1. The molecule has 1 saturated heterocycles. The van der Waals surface area contributed by atoms with Crippen molar-refractivity contribution in [2.24, 2.45) is 0 Å². The highest BCUT2D eigenvalue weighted by molar-refractivity contribution is 7.89. The Bertz CT molecular complexity index is 1280. The van der Waals surface area contributed by atoms with E-state index in [1.807, 2.05) is 6.92 Å². The highest BCUT2D eigenvalue weighted by atomic mass is 32.2. The van der Waals surface area contributed by atoms with Gasteiger partial charge in [-0.15, -0.1) is 0 Å². The Kier molecular flexibility index (Phi) is 5.00. The summed E-state index contributed by atoms with van der Waals surface area (Å²) in [5.74, 6) is -0.0383. The summed E-state index contributed by atoms with van der Waals surface area (Å²) in [4.78, 5) is 29.6. The minimum absolute atomic E-state index is 0.0383. The Labute approximate surface area is 172 Å². The van der Waals surface area contributed by atoms with Crippen molar-refractivity contribution in [2.75, 3.05) is 31.1 Å². The first-order valence-corrected chi connectivity index (χ1v) is 10.7. The molecule has 2 aromatic heterocycles. The number of fused-ring (bicyclic) bond motifs is 1. The van der Waals surface area contributed by atoms with E-state index in [1.54, 1.807) is 47.4 Å². The Morgan fingerprint density at radius 2 is 1.70 bits per heavy atom. The van der Waals surface area contributed by atoms with Crippen LogP contribution in [0.15, 0.2) is 58.4 Å². The maximum Gasteiger partial charge on any atom is 0.376 e. The molecule has 156 valence electrons. The van der Waals surface area contributed by atoms with Crippen LogP contribution in [-0.2, 0) is 10.0 Å². The van der Waals surface area contributed by atoms with E-state index in [1.165, 1.54) is 10.5 Å². The highest BCUT2D eigenvalue weighted by Crippen LogP contribution is 2.26. The fourth-order valence-corrected chi connectivity index (χ4v) is 4.87. The number of aryl methyl sites for hydroxylation is 1. The minimum Gasteiger partial charge on any atom is -0.348 e. The molecule has 0 unspecified atom stereocenters. The summed E-state index contributed by atoms with van der Waals surface area (Å²) >= 11 is 0. The van der Waals surface area contributed by atoms with Crippen LogP contribution in [0.1, 0.15) is 5.56 Å². The lowest BCUT2D eigenvalue weighted by Gasteiger charge is -2.34. The molecule has 0 spiro atoms. The van der Waals surface area contributed by atoms with E-state index in [9.17, 15) is 23.3 Å². The second-order valence-corrected chi connectivity index (χ2v) is 8.92. The number of benzene rings is 1. The molecule has 1 aromatic carbocycles. The Morgan fingerprint density at radius 1 is 1.03 bits per heavy atom. The number of hydrogen-bond donors (Lipinski definition) is 0. The largest absolute Gasteiger partial charge is 0.376 e. The van der Waals surface area contributed by atoms with Gasteiger partial charge in [-0.3, -0.25) is 19.3 Å². The smallest absolute Gasteiger partial charge is 0.348 e. The maximum atomic E-state index is 12.9. The van der Waals surface area contributed by atoms with Crippen molar-refractivity contribution in [1.29, 1.82) is 0 Å². The first-order valence-electron chi connectivity index (χ1n) is 9.26. The minimum atomic E-state index is -3.67. The fraction of sp³-hybridized carbons (Fsp3) is 0.263. The van der Waals surface area contributed by atoms with Crippen LogP contribution < -0.4 is 10.5 Å². The summed E-state index contributed by atoms with van der Waals surface area (Å²) in [6.07, 6.45) is 1.42. The van der Waals surface area contributed by atoms with Gasteiger partial charge < -0.3 is 4.90 Å². The second-order valence-electron chi connectivity index (χ2n) is 6.98. The van der Waals surface area contributed by atoms with Gasteiger partial charge in [0.2, 0.25) is 15.8 Å². The first kappa shape index (κ1) is 20.0. The number of pyridine rings is 1. The Hall–Kier alpha value is -3.31. The standard InChI is InChI=1S/C19H19N5O5S/c1-14-5-7-15(8-6-14)30(28,29)22-12-10-21(11-13-22)18-17(24(26)27)19(25)23-9-3-2-4-16(23)20-18/h2-9H,10-13H2,1H3. The SMILES string of the molecule is Cc1ccc(S(=O)(=O)N2CCN(c3nc4ccccn4c(=O)c3[N+](=O)[O-])CC2)cc1. The zero-order valence-electron chi connectivity index (χ0n) is 16.1. The van der Waals surface area contributed by atoms with E-state index in [-0.39, 0.29) is 42.5 Å². The van der Waals surface area contributed by atoms with E-state index >= 15 is 0 Å². The van der Waals surface area contributed by atoms with Crippen molar-refractivity contribution >= 4 is 27.2 Å². The predicted molar refractivity (Wildman–Crippen MR) is 110 cm³/mol. The molecule has 1 fully saturated rings. The van der Waals surface area contributed by atoms with Gasteiger partial charge in [-0.05, 0) is 31.2 Å². The topological polar surface area (TPSA) is 118 Å². The molecule has 1 aliphatic rings. The van der Waals surface area contributed by atoms with Crippen LogP contribution in [0.2, 0.25) is 0 Å². The molecule has 0 bridgehead atoms. The lowest BCUT2D eigenvalue weighted by atomic mass is 10.2. The lowest BCUT2D eigenvalue weighted by Crippen LogP contribution is -2.49. The van der Waals surface area contributed by atoms with Gasteiger partial charge in [0.25, 0.3) is 0 Å². The van der Waals surface area contributed by atoms with Crippen LogP contribution in [0, 0.1) is 17.0 Å². The first-order chi connectivity index (χ1) is 14.3. The van der Waals surface area contributed by atoms with E-state index in [2.05, 4.69) is 4.98 Å². The van der Waals surface area contributed by atoms with Crippen LogP contribution in [0.3, 0.4) is 0 Å². The van der Waals surface area contributed by atoms with Gasteiger partial charge in [0.05, 0.1) is 9.82 Å². The van der Waals surface area contributed by atoms with E-state index in [4.69, 9.17) is 0 Å². The molecule has 1 aliphatic heterocycles. The normalized spacial score (nSPS) is 15.4. The second kappa shape index (κ2) is 7.50. The molecule has 0 amide bonds. The molecule has 11 heteroatoms. The van der Waals surface area contributed by atoms with Gasteiger partial charge in [-0.25, -0.2) is 13.4 Å². The van der Waals surface area contributed by atoms with Gasteiger partial charge in [-0.1, -0.05) is 23.8 Å². The summed E-state index contributed by atoms with van der Waals surface area (Å²) in [5.41, 5.74) is -0.138. The van der Waals surface area contributed by atoms with Crippen molar-refractivity contribution in [1.82, 2.24) is 13.7 Å². The van der Waals surface area contributed by atoms with Crippen LogP contribution in [0.5, 0.6) is 0 Å². The number of piperazine rings is 1. The Morgan fingerprint density at radius 3 is 2.33 bits per heavy atom. The molecule has 3 aromatic rings. The zero-order chi connectivity index (χ0) is 21.5. The summed E-state index contributed by atoms with van der Waals surface area (Å²) in [5, 5.41) is 11.6. The Balaban J connectivity index is 1.64. The number of sulfonamides is 1. The fourth-order valence-electron chi connectivity index (χ4n) is 3.45. The number of hydrogen-bond acceptors (Lipinski definition) is 7. The third kappa shape index (κ3) is 3.42. The summed E-state index contributed by atoms with van der Waals surface area (Å²) in [7, 11) is -3.67. The molecule has 0 atom stereocenters. The number of aromatic nitrogens is 2. The maximum absolute atomic E-state index is 12.9. The highest BCUT2D eigenvalue weighted by Gasteiger charge is 2.33. The molecule has 0 aliphatic carbocycles. The molecule has 0 saturated carbocycles. The van der Waals surface area contributed by atoms with E-state index in [0.717, 1.165) is 9.96 Å². The van der Waals surface area contributed by atoms with Crippen LogP contribution >= 0.6 is 0 Å². The molecule has 30 heavy (non-hydrogen) atoms. The third-order valence-corrected chi connectivity index (χ3v) is 6.98. The van der Waals surface area contributed by atoms with Gasteiger partial charge in [0.1, 0.15) is 5.65 Å². The van der Waals surface area contributed by atoms with E-state index < -0.39 is 26.2 Å². The van der Waals surface area contributed by atoms with Gasteiger partial charge in [0.15, 0.2) is 0 Å². The van der Waals surface area contributed by atoms with Crippen LogP contribution in [0.4, 0.5) is 11.5 Å². The molecule has 0 radical (unpaired) electrons. The molecular formula is C19H19N5O5S. The number of rotatable bonds is 4. The average molecular weight is 429 g/mol. The number of anilines is 1. The monoisotopic (exact) mass is 429 g/mol. The summed E-state index contributed by atoms with van der Waals surface area (Å²) in [6.45, 7) is 2.50. The molecular weight excluding hydrogens is 410 g/mol. The summed E-state index contributed by atoms with van der Waals surface area (Å²) < 4.78 is 28.2. The van der Waals surface area contributed by atoms with Gasteiger partial charge >= 0.3 is 11.2 Å². The van der Waals surface area contributed by atoms with Gasteiger partial charge in [-0.2, -0.15) is 4.31 Å². The van der Waals surface area contributed by atoms with Gasteiger partial charge in [0, 0.05) is 32.4 Å².